The van der Waals surface area contributed by atoms with E-state index >= 15 is 0 Å². The molecule has 0 aromatic heterocycles. The standard InChI is InChI=1S/C28H16Br2/c29-27-21-13-5-1-9-17(21)25(18-10-2-6-14-22(18)27)26-19-11-3-7-15-23(19)28(30)24-16-8-4-12-20(24)26/h1-16H. The van der Waals surface area contributed by atoms with Gasteiger partial charge in [0.05, 0.1) is 0 Å². The maximum absolute atomic E-state index is 3.89. The van der Waals surface area contributed by atoms with Crippen LogP contribution in [0.5, 0.6) is 0 Å². The fourth-order valence-corrected chi connectivity index (χ4v) is 6.07. The molecule has 30 heavy (non-hydrogen) atoms. The van der Waals surface area contributed by atoms with Crippen LogP contribution in [0, 0.1) is 0 Å². The summed E-state index contributed by atoms with van der Waals surface area (Å²) in [6.45, 7) is 0. The molecule has 0 spiro atoms. The first kappa shape index (κ1) is 18.1. The molecule has 0 atom stereocenters. The summed E-state index contributed by atoms with van der Waals surface area (Å²) < 4.78 is 2.31. The van der Waals surface area contributed by atoms with Gasteiger partial charge in [0.2, 0.25) is 0 Å². The Morgan fingerprint density at radius 2 is 0.500 bits per heavy atom. The van der Waals surface area contributed by atoms with Gasteiger partial charge in [0.1, 0.15) is 0 Å². The molecule has 0 radical (unpaired) electrons. The van der Waals surface area contributed by atoms with Crippen molar-refractivity contribution in [3.63, 3.8) is 0 Å². The number of rotatable bonds is 1. The van der Waals surface area contributed by atoms with Gasteiger partial charge in [0.25, 0.3) is 0 Å². The molecule has 0 bridgehead atoms. The predicted octanol–water partition coefficient (Wildman–Crippen LogP) is 9.49. The Balaban J connectivity index is 1.97. The van der Waals surface area contributed by atoms with Crippen LogP contribution in [0.2, 0.25) is 0 Å². The van der Waals surface area contributed by atoms with Crippen molar-refractivity contribution in [2.75, 3.05) is 0 Å². The molecule has 0 aliphatic carbocycles. The Kier molecular flexibility index (Phi) is 4.19. The molecular formula is C28H16Br2. The van der Waals surface area contributed by atoms with Crippen molar-refractivity contribution in [3.8, 4) is 11.1 Å². The summed E-state index contributed by atoms with van der Waals surface area (Å²) in [6.07, 6.45) is 0. The fraction of sp³-hybridized carbons (Fsp3) is 0. The Morgan fingerprint density at radius 3 is 0.733 bits per heavy atom. The zero-order chi connectivity index (χ0) is 20.2. The molecule has 0 amide bonds. The van der Waals surface area contributed by atoms with Gasteiger partial charge in [-0.2, -0.15) is 0 Å². The summed E-state index contributed by atoms with van der Waals surface area (Å²) in [7, 11) is 0. The summed E-state index contributed by atoms with van der Waals surface area (Å²) in [6, 6.07) is 34.8. The van der Waals surface area contributed by atoms with Crippen LogP contribution in [-0.4, -0.2) is 0 Å². The third kappa shape index (κ3) is 2.50. The van der Waals surface area contributed by atoms with Crippen LogP contribution in [0.25, 0.3) is 54.2 Å². The van der Waals surface area contributed by atoms with Gasteiger partial charge in [0.15, 0.2) is 0 Å². The largest absolute Gasteiger partial charge is 0.0616 e. The Morgan fingerprint density at radius 1 is 0.300 bits per heavy atom. The average Bonchev–Trinajstić information content (AvgIpc) is 2.81. The van der Waals surface area contributed by atoms with Crippen molar-refractivity contribution in [1.82, 2.24) is 0 Å². The molecule has 0 saturated carbocycles. The highest BCUT2D eigenvalue weighted by molar-refractivity contribution is 9.11. The van der Waals surface area contributed by atoms with Crippen LogP contribution in [0.1, 0.15) is 0 Å². The van der Waals surface area contributed by atoms with Crippen LogP contribution >= 0.6 is 31.9 Å². The molecule has 6 aromatic carbocycles. The molecule has 0 nitrogen and oxygen atoms in total. The van der Waals surface area contributed by atoms with Gasteiger partial charge < -0.3 is 0 Å². The van der Waals surface area contributed by atoms with Gasteiger partial charge in [-0.3, -0.25) is 0 Å². The van der Waals surface area contributed by atoms with Crippen molar-refractivity contribution >= 4 is 74.9 Å². The van der Waals surface area contributed by atoms with E-state index in [1.807, 2.05) is 0 Å². The van der Waals surface area contributed by atoms with E-state index in [0.29, 0.717) is 0 Å². The van der Waals surface area contributed by atoms with E-state index in [4.69, 9.17) is 0 Å². The second-order valence-corrected chi connectivity index (χ2v) is 9.15. The lowest BCUT2D eigenvalue weighted by Gasteiger charge is -2.19. The maximum atomic E-state index is 3.89. The minimum atomic E-state index is 1.16. The zero-order valence-electron chi connectivity index (χ0n) is 16.0. The van der Waals surface area contributed by atoms with E-state index in [9.17, 15) is 0 Å². The Bertz CT molecular complexity index is 1380. The van der Waals surface area contributed by atoms with E-state index in [1.165, 1.54) is 54.2 Å². The number of hydrogen-bond donors (Lipinski definition) is 0. The summed E-state index contributed by atoms with van der Waals surface area (Å²) in [5.74, 6) is 0. The monoisotopic (exact) mass is 510 g/mol. The topological polar surface area (TPSA) is 0 Å². The molecule has 0 saturated heterocycles. The molecule has 0 N–H and O–H groups in total. The Labute approximate surface area is 191 Å². The molecular weight excluding hydrogens is 496 g/mol. The zero-order valence-corrected chi connectivity index (χ0v) is 19.2. The number of benzene rings is 6. The highest BCUT2D eigenvalue weighted by Gasteiger charge is 2.19. The third-order valence-electron chi connectivity index (χ3n) is 5.98. The van der Waals surface area contributed by atoms with Crippen LogP contribution in [-0.2, 0) is 0 Å². The van der Waals surface area contributed by atoms with Gasteiger partial charge in [-0.15, -0.1) is 0 Å². The minimum absolute atomic E-state index is 1.16. The van der Waals surface area contributed by atoms with Crippen molar-refractivity contribution in [1.29, 1.82) is 0 Å². The molecule has 2 heteroatoms. The first-order valence-electron chi connectivity index (χ1n) is 9.94. The molecule has 6 rings (SSSR count). The quantitative estimate of drug-likeness (QED) is 0.193. The second kappa shape index (κ2) is 6.94. The molecule has 0 heterocycles. The summed E-state index contributed by atoms with van der Waals surface area (Å²) in [5.41, 5.74) is 2.59. The molecule has 6 aromatic rings. The van der Waals surface area contributed by atoms with Crippen LogP contribution in [0.4, 0.5) is 0 Å². The number of fused-ring (bicyclic) bond motifs is 4. The first-order chi connectivity index (χ1) is 14.8. The van der Waals surface area contributed by atoms with Gasteiger partial charge in [-0.05, 0) is 86.1 Å². The summed E-state index contributed by atoms with van der Waals surface area (Å²) >= 11 is 7.79. The van der Waals surface area contributed by atoms with E-state index < -0.39 is 0 Å². The smallest absolute Gasteiger partial charge is 0.0332 e. The van der Waals surface area contributed by atoms with E-state index in [-0.39, 0.29) is 0 Å². The highest BCUT2D eigenvalue weighted by atomic mass is 79.9. The van der Waals surface area contributed by atoms with E-state index in [2.05, 4.69) is 129 Å². The van der Waals surface area contributed by atoms with Gasteiger partial charge in [-0.25, -0.2) is 0 Å². The molecule has 0 unspecified atom stereocenters. The van der Waals surface area contributed by atoms with Crippen molar-refractivity contribution in [2.24, 2.45) is 0 Å². The lowest BCUT2D eigenvalue weighted by Crippen LogP contribution is -1.91. The molecule has 142 valence electrons. The minimum Gasteiger partial charge on any atom is -0.0616 e. The molecule has 0 aliphatic rings. The van der Waals surface area contributed by atoms with E-state index in [0.717, 1.165) is 8.95 Å². The van der Waals surface area contributed by atoms with Crippen LogP contribution < -0.4 is 0 Å². The average molecular weight is 512 g/mol. The predicted molar refractivity (Wildman–Crippen MR) is 137 cm³/mol. The lowest BCUT2D eigenvalue weighted by molar-refractivity contribution is 1.70. The van der Waals surface area contributed by atoms with Crippen molar-refractivity contribution < 1.29 is 0 Å². The van der Waals surface area contributed by atoms with Gasteiger partial charge in [-0.1, -0.05) is 97.1 Å². The third-order valence-corrected chi connectivity index (χ3v) is 7.69. The van der Waals surface area contributed by atoms with E-state index in [1.54, 1.807) is 0 Å². The molecule has 0 aliphatic heterocycles. The number of halogens is 2. The summed E-state index contributed by atoms with van der Waals surface area (Å²) in [4.78, 5) is 0. The maximum Gasteiger partial charge on any atom is 0.0332 e. The highest BCUT2D eigenvalue weighted by Crippen LogP contribution is 2.48. The summed E-state index contributed by atoms with van der Waals surface area (Å²) in [5, 5.41) is 10.0. The van der Waals surface area contributed by atoms with Crippen LogP contribution in [0.3, 0.4) is 0 Å². The second-order valence-electron chi connectivity index (χ2n) is 7.56. The van der Waals surface area contributed by atoms with Crippen molar-refractivity contribution in [2.45, 2.75) is 0 Å². The fourth-order valence-electron chi connectivity index (χ4n) is 4.69. The normalized spacial score (nSPS) is 11.7. The molecule has 0 fully saturated rings. The Hall–Kier alpha value is -2.68. The van der Waals surface area contributed by atoms with Crippen LogP contribution in [0.15, 0.2) is 106 Å². The lowest BCUT2D eigenvalue weighted by atomic mass is 9.86. The first-order valence-corrected chi connectivity index (χ1v) is 11.5. The SMILES string of the molecule is Brc1c2ccccc2c(-c2c3ccccc3c(Br)c3ccccc23)c2ccccc12. The van der Waals surface area contributed by atoms with Crippen molar-refractivity contribution in [3.05, 3.63) is 106 Å². The van der Waals surface area contributed by atoms with Gasteiger partial charge in [0, 0.05) is 8.95 Å². The number of hydrogen-bond acceptors (Lipinski definition) is 0. The van der Waals surface area contributed by atoms with Gasteiger partial charge >= 0.3 is 0 Å².